The highest BCUT2D eigenvalue weighted by molar-refractivity contribution is 7.22. The second kappa shape index (κ2) is 6.26. The third-order valence-corrected chi connectivity index (χ3v) is 4.20. The molecule has 0 atom stereocenters. The van der Waals surface area contributed by atoms with Crippen LogP contribution in [0.1, 0.15) is 18.1 Å². The summed E-state index contributed by atoms with van der Waals surface area (Å²) < 4.78 is 13.9. The van der Waals surface area contributed by atoms with E-state index in [1.807, 2.05) is 25.1 Å². The van der Waals surface area contributed by atoms with Gasteiger partial charge < -0.3 is 0 Å². The average Bonchev–Trinajstić information content (AvgIpc) is 2.91. The number of hydrogen-bond acceptors (Lipinski definition) is 4. The van der Waals surface area contributed by atoms with Crippen molar-refractivity contribution in [2.45, 2.75) is 13.8 Å². The Morgan fingerprint density at radius 3 is 2.70 bits per heavy atom. The van der Waals surface area contributed by atoms with Gasteiger partial charge in [-0.25, -0.2) is 9.37 Å². The van der Waals surface area contributed by atoms with E-state index < -0.39 is 0 Å². The number of fused-ring (bicyclic) bond motifs is 1. The number of amides is 1. The topological polar surface area (TPSA) is 45.6 Å². The van der Waals surface area contributed by atoms with Gasteiger partial charge in [-0.1, -0.05) is 29.5 Å². The van der Waals surface area contributed by atoms with Crippen molar-refractivity contribution in [1.82, 2.24) is 4.98 Å². The first-order valence-electron chi connectivity index (χ1n) is 7.00. The summed E-state index contributed by atoms with van der Waals surface area (Å²) >= 11 is 1.41. The number of nitrogens with zero attached hydrogens (tertiary/aromatic N) is 3. The van der Waals surface area contributed by atoms with Crippen LogP contribution in [0, 0.1) is 12.7 Å². The Hall–Kier alpha value is -2.60. The number of rotatable bonds is 3. The van der Waals surface area contributed by atoms with E-state index >= 15 is 0 Å². The van der Waals surface area contributed by atoms with E-state index in [1.165, 1.54) is 41.6 Å². The maximum absolute atomic E-state index is 12.9. The van der Waals surface area contributed by atoms with Crippen molar-refractivity contribution in [2.75, 3.05) is 5.01 Å². The molecule has 0 radical (unpaired) electrons. The van der Waals surface area contributed by atoms with Gasteiger partial charge in [0, 0.05) is 6.92 Å². The van der Waals surface area contributed by atoms with Gasteiger partial charge in [0.25, 0.3) is 0 Å². The van der Waals surface area contributed by atoms with Gasteiger partial charge in [-0.2, -0.15) is 10.1 Å². The molecule has 6 heteroatoms. The van der Waals surface area contributed by atoms with E-state index in [4.69, 9.17) is 0 Å². The molecular weight excluding hydrogens is 313 g/mol. The van der Waals surface area contributed by atoms with Crippen LogP contribution in [0.2, 0.25) is 0 Å². The fourth-order valence-electron chi connectivity index (χ4n) is 2.05. The largest absolute Gasteiger partial charge is 0.273 e. The van der Waals surface area contributed by atoms with Gasteiger partial charge in [0.05, 0.1) is 16.4 Å². The highest BCUT2D eigenvalue weighted by Gasteiger charge is 2.15. The van der Waals surface area contributed by atoms with Crippen LogP contribution in [0.25, 0.3) is 10.2 Å². The van der Waals surface area contributed by atoms with Crippen LogP contribution in [0.5, 0.6) is 0 Å². The van der Waals surface area contributed by atoms with Crippen molar-refractivity contribution in [3.05, 3.63) is 59.4 Å². The summed E-state index contributed by atoms with van der Waals surface area (Å²) in [5.74, 6) is -0.550. The number of thiazole rings is 1. The smallest absolute Gasteiger partial charge is 0.246 e. The van der Waals surface area contributed by atoms with Gasteiger partial charge in [0.1, 0.15) is 5.82 Å². The SMILES string of the molecule is CC(=O)N(/N=C/c1ccc(F)cc1)c1nc2ccc(C)cc2s1. The Balaban J connectivity index is 1.93. The summed E-state index contributed by atoms with van der Waals surface area (Å²) in [6.07, 6.45) is 1.51. The summed E-state index contributed by atoms with van der Waals surface area (Å²) in [5, 5.41) is 5.96. The van der Waals surface area contributed by atoms with Gasteiger partial charge in [-0.15, -0.1) is 0 Å². The molecule has 0 unspecified atom stereocenters. The van der Waals surface area contributed by atoms with Gasteiger partial charge in [-0.3, -0.25) is 4.79 Å². The molecule has 0 N–H and O–H groups in total. The minimum absolute atomic E-state index is 0.237. The summed E-state index contributed by atoms with van der Waals surface area (Å²) in [6.45, 7) is 3.44. The minimum atomic E-state index is -0.313. The first-order valence-corrected chi connectivity index (χ1v) is 7.82. The molecule has 4 nitrogen and oxygen atoms in total. The molecule has 116 valence electrons. The van der Waals surface area contributed by atoms with Gasteiger partial charge in [-0.05, 0) is 42.3 Å². The minimum Gasteiger partial charge on any atom is -0.273 e. The molecule has 1 heterocycles. The van der Waals surface area contributed by atoms with E-state index in [2.05, 4.69) is 10.1 Å². The van der Waals surface area contributed by atoms with Crippen molar-refractivity contribution in [3.63, 3.8) is 0 Å². The molecule has 0 saturated carbocycles. The van der Waals surface area contributed by atoms with Crippen LogP contribution in [0.3, 0.4) is 0 Å². The van der Waals surface area contributed by atoms with E-state index in [0.29, 0.717) is 10.7 Å². The lowest BCUT2D eigenvalue weighted by Gasteiger charge is -2.10. The van der Waals surface area contributed by atoms with E-state index in [1.54, 1.807) is 12.1 Å². The summed E-state index contributed by atoms with van der Waals surface area (Å²) in [4.78, 5) is 16.3. The Kier molecular flexibility index (Phi) is 4.16. The Morgan fingerprint density at radius 1 is 1.26 bits per heavy atom. The molecule has 0 saturated heterocycles. The van der Waals surface area contributed by atoms with Gasteiger partial charge in [0.2, 0.25) is 11.0 Å². The zero-order valence-corrected chi connectivity index (χ0v) is 13.5. The molecule has 0 bridgehead atoms. The van der Waals surface area contributed by atoms with Crippen molar-refractivity contribution >= 4 is 38.8 Å². The number of carbonyl (C=O) groups is 1. The quantitative estimate of drug-likeness (QED) is 0.536. The zero-order chi connectivity index (χ0) is 16.4. The number of aromatic nitrogens is 1. The number of hydrazone groups is 1. The van der Waals surface area contributed by atoms with Crippen LogP contribution in [0.15, 0.2) is 47.6 Å². The van der Waals surface area contributed by atoms with E-state index in [9.17, 15) is 9.18 Å². The highest BCUT2D eigenvalue weighted by atomic mass is 32.1. The zero-order valence-electron chi connectivity index (χ0n) is 12.7. The summed E-state index contributed by atoms with van der Waals surface area (Å²) in [6, 6.07) is 11.8. The molecule has 0 spiro atoms. The molecule has 0 aliphatic heterocycles. The third-order valence-electron chi connectivity index (χ3n) is 3.20. The molecule has 1 aromatic heterocycles. The monoisotopic (exact) mass is 327 g/mol. The Bertz CT molecular complexity index is 886. The van der Waals surface area contributed by atoms with E-state index in [0.717, 1.165) is 15.8 Å². The predicted molar refractivity (Wildman–Crippen MR) is 91.5 cm³/mol. The summed E-state index contributed by atoms with van der Waals surface area (Å²) in [5.41, 5.74) is 2.67. The van der Waals surface area contributed by atoms with Crippen molar-refractivity contribution in [2.24, 2.45) is 5.10 Å². The van der Waals surface area contributed by atoms with E-state index in [-0.39, 0.29) is 11.7 Å². The molecule has 3 rings (SSSR count). The van der Waals surface area contributed by atoms with Gasteiger partial charge >= 0.3 is 0 Å². The number of benzene rings is 2. The standard InChI is InChI=1S/C17H14FN3OS/c1-11-3-8-15-16(9-11)23-17(20-15)21(12(2)22)19-10-13-4-6-14(18)7-5-13/h3-10H,1-2H3/b19-10+. The molecule has 23 heavy (non-hydrogen) atoms. The maximum atomic E-state index is 12.9. The first kappa shape index (κ1) is 15.3. The van der Waals surface area contributed by atoms with Gasteiger partial charge in [0.15, 0.2) is 0 Å². The predicted octanol–water partition coefficient (Wildman–Crippen LogP) is 4.13. The average molecular weight is 327 g/mol. The second-order valence-corrected chi connectivity index (χ2v) is 6.10. The molecule has 2 aromatic carbocycles. The molecule has 1 amide bonds. The van der Waals surface area contributed by atoms with Crippen LogP contribution >= 0.6 is 11.3 Å². The number of anilines is 1. The molecule has 0 aliphatic rings. The highest BCUT2D eigenvalue weighted by Crippen LogP contribution is 2.29. The van der Waals surface area contributed by atoms with Crippen LogP contribution in [-0.4, -0.2) is 17.1 Å². The third kappa shape index (κ3) is 3.43. The lowest BCUT2D eigenvalue weighted by atomic mass is 10.2. The maximum Gasteiger partial charge on any atom is 0.246 e. The number of aryl methyl sites for hydroxylation is 1. The molecular formula is C17H14FN3OS. The fraction of sp³-hybridized carbons (Fsp3) is 0.118. The number of carbonyl (C=O) groups excluding carboxylic acids is 1. The van der Waals surface area contributed by atoms with Crippen LogP contribution in [-0.2, 0) is 4.79 Å². The normalized spacial score (nSPS) is 11.3. The molecule has 0 aliphatic carbocycles. The first-order chi connectivity index (χ1) is 11.0. The van der Waals surface area contributed by atoms with Crippen LogP contribution < -0.4 is 5.01 Å². The number of hydrogen-bond donors (Lipinski definition) is 0. The summed E-state index contributed by atoms with van der Waals surface area (Å²) in [7, 11) is 0. The Labute approximate surface area is 136 Å². The Morgan fingerprint density at radius 2 is 2.00 bits per heavy atom. The fourth-order valence-corrected chi connectivity index (χ4v) is 3.11. The molecule has 0 fully saturated rings. The molecule has 3 aromatic rings. The lowest BCUT2D eigenvalue weighted by molar-refractivity contribution is -0.116. The second-order valence-electron chi connectivity index (χ2n) is 5.09. The van der Waals surface area contributed by atoms with Crippen molar-refractivity contribution in [3.8, 4) is 0 Å². The van der Waals surface area contributed by atoms with Crippen molar-refractivity contribution in [1.29, 1.82) is 0 Å². The van der Waals surface area contributed by atoms with Crippen LogP contribution in [0.4, 0.5) is 9.52 Å². The number of halogens is 1. The lowest BCUT2D eigenvalue weighted by Crippen LogP contribution is -2.22. The van der Waals surface area contributed by atoms with Crippen molar-refractivity contribution < 1.29 is 9.18 Å².